The lowest BCUT2D eigenvalue weighted by Crippen LogP contribution is -2.23. The largest absolute Gasteiger partial charge is 0.494 e. The first-order valence-electron chi connectivity index (χ1n) is 9.98. The zero-order chi connectivity index (χ0) is 20.9. The van der Waals surface area contributed by atoms with Gasteiger partial charge in [-0.2, -0.15) is 0 Å². The van der Waals surface area contributed by atoms with Crippen molar-refractivity contribution in [2.75, 3.05) is 35.3 Å². The van der Waals surface area contributed by atoms with Crippen LogP contribution in [0.3, 0.4) is 0 Å². The molecule has 0 spiro atoms. The van der Waals surface area contributed by atoms with Gasteiger partial charge in [-0.3, -0.25) is 14.5 Å². The molecule has 0 aromatic heterocycles. The van der Waals surface area contributed by atoms with Gasteiger partial charge in [0.15, 0.2) is 0 Å². The van der Waals surface area contributed by atoms with E-state index < -0.39 is 0 Å². The minimum Gasteiger partial charge on any atom is -0.494 e. The molecule has 8 heteroatoms. The van der Waals surface area contributed by atoms with Crippen molar-refractivity contribution in [1.29, 1.82) is 0 Å². The first kappa shape index (κ1) is 19.8. The van der Waals surface area contributed by atoms with Crippen LogP contribution in [0.4, 0.5) is 21.9 Å². The molecule has 2 N–H and O–H groups in total. The van der Waals surface area contributed by atoms with Gasteiger partial charge in [-0.1, -0.05) is 6.07 Å². The number of carbonyl (C=O) groups is 3. The summed E-state index contributed by atoms with van der Waals surface area (Å²) in [5.41, 5.74) is 3.23. The van der Waals surface area contributed by atoms with E-state index in [2.05, 4.69) is 10.6 Å². The summed E-state index contributed by atoms with van der Waals surface area (Å²) in [4.78, 5) is 36.9. The van der Waals surface area contributed by atoms with E-state index in [9.17, 15) is 14.4 Å². The summed E-state index contributed by atoms with van der Waals surface area (Å²) in [7, 11) is 0. The number of nitrogens with one attached hydrogen (secondary N) is 2. The number of anilines is 3. The number of rotatable bonds is 7. The number of nitrogens with zero attached hydrogens (tertiary/aromatic N) is 1. The first-order chi connectivity index (χ1) is 14.6. The summed E-state index contributed by atoms with van der Waals surface area (Å²) in [5.74, 6) is 0.650. The van der Waals surface area contributed by atoms with Crippen LogP contribution in [-0.4, -0.2) is 37.7 Å². The predicted octanol–water partition coefficient (Wildman–Crippen LogP) is 3.33. The maximum atomic E-state index is 12.2. The molecule has 2 aliphatic rings. The third-order valence-electron chi connectivity index (χ3n) is 4.99. The standard InChI is InChI=1S/C22H23N3O5/c26-20(23-16-3-1-4-17(14-16)25-10-12-30-22(25)28)5-2-11-29-18-7-8-19-15(13-18)6-9-21(27)24-19/h1,3-4,7-8,13-14H,2,5-6,9-12H2,(H,23,26)(H,24,27). The Morgan fingerprint density at radius 3 is 2.90 bits per heavy atom. The predicted molar refractivity (Wildman–Crippen MR) is 112 cm³/mol. The molecule has 2 heterocycles. The Kier molecular flexibility index (Phi) is 5.83. The fraction of sp³-hybridized carbons (Fsp3) is 0.318. The van der Waals surface area contributed by atoms with E-state index in [4.69, 9.17) is 9.47 Å². The highest BCUT2D eigenvalue weighted by molar-refractivity contribution is 5.94. The molecule has 8 nitrogen and oxygen atoms in total. The normalized spacial score (nSPS) is 15.3. The van der Waals surface area contributed by atoms with Gasteiger partial charge in [-0.05, 0) is 54.8 Å². The summed E-state index contributed by atoms with van der Waals surface area (Å²) in [6.07, 6.45) is 1.70. The van der Waals surface area contributed by atoms with E-state index in [1.165, 1.54) is 4.90 Å². The molecule has 0 aliphatic carbocycles. The molecule has 0 saturated carbocycles. The average Bonchev–Trinajstić information content (AvgIpc) is 3.17. The zero-order valence-corrected chi connectivity index (χ0v) is 16.5. The number of ether oxygens (including phenoxy) is 2. The molecule has 1 fully saturated rings. The van der Waals surface area contributed by atoms with Crippen LogP contribution in [0.2, 0.25) is 0 Å². The Balaban J connectivity index is 1.23. The Labute approximate surface area is 174 Å². The van der Waals surface area contributed by atoms with Crippen LogP contribution in [-0.2, 0) is 20.7 Å². The van der Waals surface area contributed by atoms with Gasteiger partial charge in [-0.15, -0.1) is 0 Å². The molecule has 0 unspecified atom stereocenters. The summed E-state index contributed by atoms with van der Waals surface area (Å²) >= 11 is 0. The van der Waals surface area contributed by atoms with E-state index in [1.807, 2.05) is 18.2 Å². The van der Waals surface area contributed by atoms with Gasteiger partial charge < -0.3 is 20.1 Å². The molecule has 2 aromatic carbocycles. The van der Waals surface area contributed by atoms with Gasteiger partial charge in [0.2, 0.25) is 11.8 Å². The maximum Gasteiger partial charge on any atom is 0.414 e. The average molecular weight is 409 g/mol. The molecule has 1 saturated heterocycles. The fourth-order valence-corrected chi connectivity index (χ4v) is 3.48. The highest BCUT2D eigenvalue weighted by Crippen LogP contribution is 2.27. The number of cyclic esters (lactones) is 1. The second-order valence-electron chi connectivity index (χ2n) is 7.18. The van der Waals surface area contributed by atoms with Crippen molar-refractivity contribution in [1.82, 2.24) is 0 Å². The third-order valence-corrected chi connectivity index (χ3v) is 4.99. The van der Waals surface area contributed by atoms with Crippen molar-refractivity contribution >= 4 is 35.0 Å². The van der Waals surface area contributed by atoms with Gasteiger partial charge in [-0.25, -0.2) is 4.79 Å². The third kappa shape index (κ3) is 4.71. The molecule has 2 aromatic rings. The minimum atomic E-state index is -0.375. The van der Waals surface area contributed by atoms with Crippen LogP contribution < -0.4 is 20.3 Å². The van der Waals surface area contributed by atoms with Crippen LogP contribution in [0.1, 0.15) is 24.8 Å². The van der Waals surface area contributed by atoms with Crippen molar-refractivity contribution < 1.29 is 23.9 Å². The molecule has 2 aliphatic heterocycles. The van der Waals surface area contributed by atoms with Crippen molar-refractivity contribution in [3.05, 3.63) is 48.0 Å². The molecule has 156 valence electrons. The van der Waals surface area contributed by atoms with Crippen LogP contribution in [0.15, 0.2) is 42.5 Å². The number of carbonyl (C=O) groups excluding carboxylic acids is 3. The number of fused-ring (bicyclic) bond motifs is 1. The molecule has 30 heavy (non-hydrogen) atoms. The number of hydrogen-bond donors (Lipinski definition) is 2. The summed E-state index contributed by atoms with van der Waals surface area (Å²) in [6, 6.07) is 12.7. The van der Waals surface area contributed by atoms with Gasteiger partial charge in [0.25, 0.3) is 0 Å². The van der Waals surface area contributed by atoms with E-state index in [-0.39, 0.29) is 17.9 Å². The molecule has 0 bridgehead atoms. The van der Waals surface area contributed by atoms with E-state index in [0.29, 0.717) is 56.8 Å². The Hall–Kier alpha value is -3.55. The number of aryl methyl sites for hydroxylation is 1. The first-order valence-corrected chi connectivity index (χ1v) is 9.98. The van der Waals surface area contributed by atoms with Gasteiger partial charge >= 0.3 is 6.09 Å². The van der Waals surface area contributed by atoms with Crippen molar-refractivity contribution in [3.63, 3.8) is 0 Å². The van der Waals surface area contributed by atoms with E-state index in [0.717, 1.165) is 17.0 Å². The maximum absolute atomic E-state index is 12.2. The van der Waals surface area contributed by atoms with Gasteiger partial charge in [0.05, 0.1) is 13.2 Å². The Morgan fingerprint density at radius 1 is 1.17 bits per heavy atom. The van der Waals surface area contributed by atoms with Crippen molar-refractivity contribution in [2.24, 2.45) is 0 Å². The Bertz CT molecular complexity index is 975. The summed E-state index contributed by atoms with van der Waals surface area (Å²) in [6.45, 7) is 1.29. The smallest absolute Gasteiger partial charge is 0.414 e. The zero-order valence-electron chi connectivity index (χ0n) is 16.5. The Morgan fingerprint density at radius 2 is 2.07 bits per heavy atom. The number of benzene rings is 2. The molecule has 0 radical (unpaired) electrons. The quantitative estimate of drug-likeness (QED) is 0.684. The van der Waals surface area contributed by atoms with Crippen LogP contribution in [0.5, 0.6) is 5.75 Å². The minimum absolute atomic E-state index is 0.0353. The molecule has 4 rings (SSSR count). The summed E-state index contributed by atoms with van der Waals surface area (Å²) < 4.78 is 10.7. The van der Waals surface area contributed by atoms with Gasteiger partial charge in [0, 0.05) is 29.9 Å². The number of amides is 3. The van der Waals surface area contributed by atoms with E-state index in [1.54, 1.807) is 24.3 Å². The molecular formula is C22H23N3O5. The van der Waals surface area contributed by atoms with Crippen molar-refractivity contribution in [3.8, 4) is 5.75 Å². The molecular weight excluding hydrogens is 386 g/mol. The van der Waals surface area contributed by atoms with Crippen LogP contribution in [0.25, 0.3) is 0 Å². The SMILES string of the molecule is O=C(CCCOc1ccc2c(c1)CCC(=O)N2)Nc1cccc(N2CCOC2=O)c1. The lowest BCUT2D eigenvalue weighted by atomic mass is 10.0. The van der Waals surface area contributed by atoms with Crippen molar-refractivity contribution in [2.45, 2.75) is 25.7 Å². The monoisotopic (exact) mass is 409 g/mol. The van der Waals surface area contributed by atoms with Gasteiger partial charge in [0.1, 0.15) is 12.4 Å². The summed E-state index contributed by atoms with van der Waals surface area (Å²) in [5, 5.41) is 5.69. The topological polar surface area (TPSA) is 97.0 Å². The second-order valence-corrected chi connectivity index (χ2v) is 7.18. The second kappa shape index (κ2) is 8.86. The number of hydrogen-bond acceptors (Lipinski definition) is 5. The molecule has 3 amide bonds. The lowest BCUT2D eigenvalue weighted by molar-refractivity contribution is -0.117. The fourth-order valence-electron chi connectivity index (χ4n) is 3.48. The highest BCUT2D eigenvalue weighted by Gasteiger charge is 2.23. The lowest BCUT2D eigenvalue weighted by Gasteiger charge is -2.17. The highest BCUT2D eigenvalue weighted by atomic mass is 16.6. The molecule has 0 atom stereocenters. The van der Waals surface area contributed by atoms with E-state index >= 15 is 0 Å². The van der Waals surface area contributed by atoms with Crippen LogP contribution in [0, 0.1) is 0 Å². The van der Waals surface area contributed by atoms with Crippen LogP contribution >= 0.6 is 0 Å².